The van der Waals surface area contributed by atoms with E-state index in [1.54, 1.807) is 0 Å². The summed E-state index contributed by atoms with van der Waals surface area (Å²) in [6, 6.07) is 0. The van der Waals surface area contributed by atoms with E-state index in [0.29, 0.717) is 5.01 Å². The van der Waals surface area contributed by atoms with Crippen LogP contribution in [0.1, 0.15) is 32.3 Å². The highest BCUT2D eigenvalue weighted by Gasteiger charge is 2.32. The molecule has 68 valence electrons. The van der Waals surface area contributed by atoms with Crippen molar-refractivity contribution >= 4 is 23.1 Å². The van der Waals surface area contributed by atoms with Gasteiger partial charge in [0.15, 0.2) is 10.8 Å². The van der Waals surface area contributed by atoms with Gasteiger partial charge in [-0.2, -0.15) is 0 Å². The van der Waals surface area contributed by atoms with Gasteiger partial charge in [0.05, 0.1) is 6.20 Å². The summed E-state index contributed by atoms with van der Waals surface area (Å²) in [6.45, 7) is 0. The number of aromatic carboxylic acids is 1. The van der Waals surface area contributed by atoms with E-state index in [4.69, 9.17) is 5.11 Å². The van der Waals surface area contributed by atoms with Crippen LogP contribution in [0.5, 0.6) is 0 Å². The van der Waals surface area contributed by atoms with Gasteiger partial charge in [-0.25, -0.2) is 9.78 Å². The molecule has 1 aliphatic carbocycles. The number of carboxylic acid groups (broad SMARTS) is 1. The van der Waals surface area contributed by atoms with Crippen molar-refractivity contribution in [2.45, 2.75) is 12.8 Å². The molecule has 2 rings (SSSR count). The minimum absolute atomic E-state index is 0.00231. The number of ketones is 1. The van der Waals surface area contributed by atoms with Gasteiger partial charge in [-0.05, 0) is 12.8 Å². The quantitative estimate of drug-likeness (QED) is 0.744. The molecule has 0 spiro atoms. The molecule has 1 aromatic rings. The maximum Gasteiger partial charge on any atom is 0.347 e. The second-order valence-electron chi connectivity index (χ2n) is 2.97. The Labute approximate surface area is 78.2 Å². The average molecular weight is 197 g/mol. The van der Waals surface area contributed by atoms with Gasteiger partial charge in [0, 0.05) is 5.92 Å². The Morgan fingerprint density at radius 1 is 1.54 bits per heavy atom. The van der Waals surface area contributed by atoms with E-state index in [1.165, 1.54) is 6.20 Å². The number of carboxylic acids is 1. The average Bonchev–Trinajstić information content (AvgIpc) is 2.81. The van der Waals surface area contributed by atoms with Crippen LogP contribution in [0.15, 0.2) is 6.20 Å². The zero-order valence-electron chi connectivity index (χ0n) is 6.69. The summed E-state index contributed by atoms with van der Waals surface area (Å²) in [4.78, 5) is 25.8. The summed E-state index contributed by atoms with van der Waals surface area (Å²) in [5.41, 5.74) is 0. The second kappa shape index (κ2) is 2.92. The monoisotopic (exact) mass is 197 g/mol. The Hall–Kier alpha value is -1.23. The molecule has 1 aromatic heterocycles. The normalized spacial score (nSPS) is 15.7. The van der Waals surface area contributed by atoms with Gasteiger partial charge >= 0.3 is 5.97 Å². The highest BCUT2D eigenvalue weighted by atomic mass is 32.1. The summed E-state index contributed by atoms with van der Waals surface area (Å²) in [5.74, 6) is -0.919. The third-order valence-corrected chi connectivity index (χ3v) is 2.88. The number of aromatic nitrogens is 1. The number of hydrogen-bond acceptors (Lipinski definition) is 4. The van der Waals surface area contributed by atoms with Crippen LogP contribution in [0.3, 0.4) is 0 Å². The molecule has 5 heteroatoms. The number of Topliss-reactive ketones (excluding diaryl/α,β-unsaturated/α-hetero) is 1. The zero-order valence-corrected chi connectivity index (χ0v) is 7.50. The molecule has 0 unspecified atom stereocenters. The molecule has 1 saturated carbocycles. The summed E-state index contributed by atoms with van der Waals surface area (Å²) in [5, 5.41) is 8.93. The van der Waals surface area contributed by atoms with Gasteiger partial charge in [-0.15, -0.1) is 11.3 Å². The van der Waals surface area contributed by atoms with Gasteiger partial charge in [0.25, 0.3) is 0 Å². The summed E-state index contributed by atoms with van der Waals surface area (Å²) in [6.07, 6.45) is 3.07. The van der Waals surface area contributed by atoms with E-state index in [-0.39, 0.29) is 16.6 Å². The minimum atomic E-state index is -1.02. The lowest BCUT2D eigenvalue weighted by atomic mass is 10.3. The van der Waals surface area contributed by atoms with E-state index in [1.807, 2.05) is 0 Å². The molecule has 1 heterocycles. The number of carbonyl (C=O) groups excluding carboxylic acids is 1. The Balaban J connectivity index is 2.21. The van der Waals surface area contributed by atoms with E-state index < -0.39 is 5.97 Å². The first-order valence-electron chi connectivity index (χ1n) is 3.92. The van der Waals surface area contributed by atoms with Crippen LogP contribution in [-0.4, -0.2) is 21.8 Å². The number of hydrogen-bond donors (Lipinski definition) is 1. The summed E-state index contributed by atoms with van der Waals surface area (Å²) >= 11 is 0.957. The third-order valence-electron chi connectivity index (χ3n) is 1.88. The molecule has 1 aliphatic rings. The lowest BCUT2D eigenvalue weighted by Crippen LogP contribution is -1.99. The Morgan fingerprint density at radius 3 is 2.69 bits per heavy atom. The second-order valence-corrected chi connectivity index (χ2v) is 4.00. The lowest BCUT2D eigenvalue weighted by Gasteiger charge is -1.88. The number of carbonyl (C=O) groups is 2. The molecule has 0 radical (unpaired) electrons. The summed E-state index contributed by atoms with van der Waals surface area (Å²) < 4.78 is 0. The van der Waals surface area contributed by atoms with E-state index >= 15 is 0 Å². The van der Waals surface area contributed by atoms with Gasteiger partial charge in [0.1, 0.15) is 4.88 Å². The largest absolute Gasteiger partial charge is 0.477 e. The highest BCUT2D eigenvalue weighted by molar-refractivity contribution is 7.15. The molecule has 0 amide bonds. The highest BCUT2D eigenvalue weighted by Crippen LogP contribution is 2.33. The Bertz CT molecular complexity index is 367. The van der Waals surface area contributed by atoms with Crippen molar-refractivity contribution in [2.24, 2.45) is 5.92 Å². The smallest absolute Gasteiger partial charge is 0.347 e. The fraction of sp³-hybridized carbons (Fsp3) is 0.375. The molecule has 0 atom stereocenters. The number of nitrogens with zero attached hydrogens (tertiary/aromatic N) is 1. The van der Waals surface area contributed by atoms with E-state index in [2.05, 4.69) is 4.98 Å². The van der Waals surface area contributed by atoms with Crippen molar-refractivity contribution in [3.05, 3.63) is 16.1 Å². The van der Waals surface area contributed by atoms with Crippen LogP contribution in [0, 0.1) is 5.92 Å². The standard InChI is InChI=1S/C8H7NO3S/c10-6(4-1-2-4)7-9-3-5(13-7)8(11)12/h3-4H,1-2H2,(H,11,12). The van der Waals surface area contributed by atoms with Crippen LogP contribution in [0.4, 0.5) is 0 Å². The van der Waals surface area contributed by atoms with Gasteiger partial charge in [-0.1, -0.05) is 0 Å². The summed E-state index contributed by atoms with van der Waals surface area (Å²) in [7, 11) is 0. The van der Waals surface area contributed by atoms with Crippen LogP contribution in [0.2, 0.25) is 0 Å². The first-order chi connectivity index (χ1) is 6.18. The number of rotatable bonds is 3. The molecule has 0 saturated heterocycles. The van der Waals surface area contributed by atoms with E-state index in [0.717, 1.165) is 24.2 Å². The van der Waals surface area contributed by atoms with Crippen molar-refractivity contribution in [3.8, 4) is 0 Å². The molecule has 4 nitrogen and oxygen atoms in total. The van der Waals surface area contributed by atoms with Crippen LogP contribution < -0.4 is 0 Å². The SMILES string of the molecule is O=C(O)c1cnc(C(=O)C2CC2)s1. The van der Waals surface area contributed by atoms with Crippen molar-refractivity contribution in [2.75, 3.05) is 0 Å². The van der Waals surface area contributed by atoms with Crippen molar-refractivity contribution < 1.29 is 14.7 Å². The minimum Gasteiger partial charge on any atom is -0.477 e. The molecule has 0 aliphatic heterocycles. The Kier molecular flexibility index (Phi) is 1.88. The maximum absolute atomic E-state index is 11.4. The fourth-order valence-electron chi connectivity index (χ4n) is 1.01. The van der Waals surface area contributed by atoms with Gasteiger partial charge in [-0.3, -0.25) is 4.79 Å². The molecule has 0 aromatic carbocycles. The lowest BCUT2D eigenvalue weighted by molar-refractivity contribution is 0.0701. The molecule has 1 N–H and O–H groups in total. The molecule has 1 fully saturated rings. The first-order valence-corrected chi connectivity index (χ1v) is 4.73. The van der Waals surface area contributed by atoms with Crippen LogP contribution in [-0.2, 0) is 0 Å². The van der Waals surface area contributed by atoms with Crippen LogP contribution >= 0.6 is 11.3 Å². The predicted molar refractivity (Wildman–Crippen MR) is 46.1 cm³/mol. The van der Waals surface area contributed by atoms with E-state index in [9.17, 15) is 9.59 Å². The maximum atomic E-state index is 11.4. The van der Waals surface area contributed by atoms with Gasteiger partial charge in [0.2, 0.25) is 0 Å². The topological polar surface area (TPSA) is 67.3 Å². The predicted octanol–water partition coefficient (Wildman–Crippen LogP) is 1.43. The Morgan fingerprint density at radius 2 is 2.23 bits per heavy atom. The molecule has 0 bridgehead atoms. The van der Waals surface area contributed by atoms with Crippen LogP contribution in [0.25, 0.3) is 0 Å². The first kappa shape index (κ1) is 8.37. The fourth-order valence-corrected chi connectivity index (χ4v) is 1.78. The van der Waals surface area contributed by atoms with Crippen molar-refractivity contribution in [1.29, 1.82) is 0 Å². The molecule has 13 heavy (non-hydrogen) atoms. The van der Waals surface area contributed by atoms with Crippen molar-refractivity contribution in [3.63, 3.8) is 0 Å². The molecular weight excluding hydrogens is 190 g/mol. The molecular formula is C8H7NO3S. The van der Waals surface area contributed by atoms with Gasteiger partial charge < -0.3 is 5.11 Å². The zero-order chi connectivity index (χ0) is 9.42. The number of thiazole rings is 1. The van der Waals surface area contributed by atoms with Crippen molar-refractivity contribution in [1.82, 2.24) is 4.98 Å². The third kappa shape index (κ3) is 1.60.